The van der Waals surface area contributed by atoms with E-state index in [2.05, 4.69) is 21.9 Å². The Bertz CT molecular complexity index is 312. The second-order valence-corrected chi connectivity index (χ2v) is 2.81. The van der Waals surface area contributed by atoms with E-state index in [9.17, 15) is 0 Å². The molecule has 76 valence electrons. The zero-order valence-electron chi connectivity index (χ0n) is 8.58. The Balaban J connectivity index is 2.66. The molecule has 0 bridgehead atoms. The molecule has 4 nitrogen and oxygen atoms in total. The Hall–Kier alpha value is -1.58. The van der Waals surface area contributed by atoms with Crippen LogP contribution < -0.4 is 10.1 Å². The molecule has 1 aromatic heterocycles. The smallest absolute Gasteiger partial charge is 0.218 e. The van der Waals surface area contributed by atoms with E-state index in [1.165, 1.54) is 0 Å². The average molecular weight is 193 g/mol. The fraction of sp³-hybridized carbons (Fsp3) is 0.400. The van der Waals surface area contributed by atoms with Gasteiger partial charge in [-0.2, -0.15) is 4.98 Å². The highest BCUT2D eigenvalue weighted by Crippen LogP contribution is 2.12. The molecule has 0 unspecified atom stereocenters. The van der Waals surface area contributed by atoms with Gasteiger partial charge in [-0.05, 0) is 13.3 Å². The molecule has 0 saturated heterocycles. The molecule has 1 rings (SSSR count). The number of rotatable bonds is 5. The first-order valence-electron chi connectivity index (χ1n) is 4.53. The number of ether oxygens (including phenoxy) is 1. The molecule has 0 aromatic carbocycles. The van der Waals surface area contributed by atoms with Crippen LogP contribution in [0.4, 0.5) is 5.82 Å². The van der Waals surface area contributed by atoms with Gasteiger partial charge in [0.05, 0.1) is 6.61 Å². The predicted molar refractivity (Wildman–Crippen MR) is 56.6 cm³/mol. The lowest BCUT2D eigenvalue weighted by Gasteiger charge is -2.06. The standard InChI is InChI=1S/C10H15N3O/c1-4-5-6-14-10-7-9(11-3)12-8(2)13-10/h4,7H,1,5-6H2,2-3H3,(H,11,12,13). The molecule has 0 radical (unpaired) electrons. The Morgan fingerprint density at radius 3 is 3.00 bits per heavy atom. The van der Waals surface area contributed by atoms with Crippen LogP contribution in [0.1, 0.15) is 12.2 Å². The summed E-state index contributed by atoms with van der Waals surface area (Å²) in [6.07, 6.45) is 2.63. The number of nitrogens with zero attached hydrogens (tertiary/aromatic N) is 2. The van der Waals surface area contributed by atoms with Crippen molar-refractivity contribution in [3.63, 3.8) is 0 Å². The first-order chi connectivity index (χ1) is 6.76. The van der Waals surface area contributed by atoms with Crippen molar-refractivity contribution in [2.75, 3.05) is 19.0 Å². The van der Waals surface area contributed by atoms with E-state index in [1.54, 1.807) is 6.07 Å². The lowest BCUT2D eigenvalue weighted by atomic mass is 10.4. The fourth-order valence-corrected chi connectivity index (χ4v) is 0.989. The van der Waals surface area contributed by atoms with Crippen molar-refractivity contribution in [2.24, 2.45) is 0 Å². The Kier molecular flexibility index (Phi) is 3.91. The molecular weight excluding hydrogens is 178 g/mol. The lowest BCUT2D eigenvalue weighted by molar-refractivity contribution is 0.311. The Morgan fingerprint density at radius 2 is 2.36 bits per heavy atom. The van der Waals surface area contributed by atoms with Gasteiger partial charge in [-0.15, -0.1) is 6.58 Å². The minimum atomic E-state index is 0.600. The number of aromatic nitrogens is 2. The van der Waals surface area contributed by atoms with Crippen LogP contribution in [0.15, 0.2) is 18.7 Å². The molecule has 0 aliphatic rings. The van der Waals surface area contributed by atoms with Crippen LogP contribution in [-0.4, -0.2) is 23.6 Å². The quantitative estimate of drug-likeness (QED) is 0.572. The van der Waals surface area contributed by atoms with E-state index >= 15 is 0 Å². The van der Waals surface area contributed by atoms with Crippen molar-refractivity contribution in [2.45, 2.75) is 13.3 Å². The van der Waals surface area contributed by atoms with Crippen LogP contribution in [0.5, 0.6) is 5.88 Å². The van der Waals surface area contributed by atoms with Gasteiger partial charge < -0.3 is 10.1 Å². The molecule has 1 N–H and O–H groups in total. The van der Waals surface area contributed by atoms with Crippen LogP contribution in [0.3, 0.4) is 0 Å². The highest BCUT2D eigenvalue weighted by Gasteiger charge is 2.00. The molecule has 0 atom stereocenters. The normalized spacial score (nSPS) is 9.57. The lowest BCUT2D eigenvalue weighted by Crippen LogP contribution is -2.02. The number of nitrogens with one attached hydrogen (secondary N) is 1. The van der Waals surface area contributed by atoms with Gasteiger partial charge in [-0.3, -0.25) is 0 Å². The van der Waals surface area contributed by atoms with Gasteiger partial charge in [0.25, 0.3) is 0 Å². The maximum atomic E-state index is 5.41. The van der Waals surface area contributed by atoms with Crippen molar-refractivity contribution in [3.8, 4) is 5.88 Å². The van der Waals surface area contributed by atoms with E-state index in [0.717, 1.165) is 12.2 Å². The molecular formula is C10H15N3O. The summed E-state index contributed by atoms with van der Waals surface area (Å²) in [5.41, 5.74) is 0. The summed E-state index contributed by atoms with van der Waals surface area (Å²) < 4.78 is 5.41. The Labute approximate surface area is 84.0 Å². The van der Waals surface area contributed by atoms with Crippen molar-refractivity contribution in [1.82, 2.24) is 9.97 Å². The largest absolute Gasteiger partial charge is 0.477 e. The minimum Gasteiger partial charge on any atom is -0.477 e. The van der Waals surface area contributed by atoms with Gasteiger partial charge >= 0.3 is 0 Å². The molecule has 0 saturated carbocycles. The van der Waals surface area contributed by atoms with Gasteiger partial charge in [-0.1, -0.05) is 6.08 Å². The van der Waals surface area contributed by atoms with Crippen LogP contribution in [0, 0.1) is 6.92 Å². The first kappa shape index (κ1) is 10.5. The highest BCUT2D eigenvalue weighted by atomic mass is 16.5. The maximum absolute atomic E-state index is 5.41. The van der Waals surface area contributed by atoms with Crippen LogP contribution >= 0.6 is 0 Å². The van der Waals surface area contributed by atoms with E-state index in [0.29, 0.717) is 18.3 Å². The van der Waals surface area contributed by atoms with E-state index in [1.807, 2.05) is 20.0 Å². The number of anilines is 1. The van der Waals surface area contributed by atoms with Gasteiger partial charge in [0.15, 0.2) is 0 Å². The third-order valence-corrected chi connectivity index (χ3v) is 1.64. The summed E-state index contributed by atoms with van der Waals surface area (Å²) in [4.78, 5) is 8.30. The van der Waals surface area contributed by atoms with Gasteiger partial charge in [-0.25, -0.2) is 4.98 Å². The summed E-state index contributed by atoms with van der Waals surface area (Å²) in [5, 5.41) is 2.95. The van der Waals surface area contributed by atoms with Crippen molar-refractivity contribution in [1.29, 1.82) is 0 Å². The van der Waals surface area contributed by atoms with E-state index in [-0.39, 0.29) is 0 Å². The second-order valence-electron chi connectivity index (χ2n) is 2.81. The molecule has 0 aliphatic carbocycles. The molecule has 14 heavy (non-hydrogen) atoms. The zero-order chi connectivity index (χ0) is 10.4. The zero-order valence-corrected chi connectivity index (χ0v) is 8.58. The molecule has 0 amide bonds. The SMILES string of the molecule is C=CCCOc1cc(NC)nc(C)n1. The maximum Gasteiger partial charge on any atom is 0.218 e. The molecule has 0 spiro atoms. The van der Waals surface area contributed by atoms with Crippen LogP contribution in [0.2, 0.25) is 0 Å². The molecule has 4 heteroatoms. The number of hydrogen-bond acceptors (Lipinski definition) is 4. The predicted octanol–water partition coefficient (Wildman–Crippen LogP) is 1.78. The summed E-state index contributed by atoms with van der Waals surface area (Å²) in [5.74, 6) is 2.07. The number of aryl methyl sites for hydroxylation is 1. The van der Waals surface area contributed by atoms with Crippen molar-refractivity contribution in [3.05, 3.63) is 24.5 Å². The summed E-state index contributed by atoms with van der Waals surface area (Å²) in [6, 6.07) is 1.77. The monoisotopic (exact) mass is 193 g/mol. The van der Waals surface area contributed by atoms with Crippen LogP contribution in [0.25, 0.3) is 0 Å². The van der Waals surface area contributed by atoms with Gasteiger partial charge in [0.1, 0.15) is 11.6 Å². The first-order valence-corrected chi connectivity index (χ1v) is 4.53. The number of hydrogen-bond donors (Lipinski definition) is 1. The molecule has 1 heterocycles. The second kappa shape index (κ2) is 5.21. The average Bonchev–Trinajstić information content (AvgIpc) is 2.17. The third-order valence-electron chi connectivity index (χ3n) is 1.64. The molecule has 0 fully saturated rings. The molecule has 0 aliphatic heterocycles. The third kappa shape index (κ3) is 3.05. The van der Waals surface area contributed by atoms with Crippen molar-refractivity contribution < 1.29 is 4.74 Å². The highest BCUT2D eigenvalue weighted by molar-refractivity contribution is 5.37. The summed E-state index contributed by atoms with van der Waals surface area (Å²) in [7, 11) is 1.81. The van der Waals surface area contributed by atoms with E-state index in [4.69, 9.17) is 4.74 Å². The van der Waals surface area contributed by atoms with Gasteiger partial charge in [0.2, 0.25) is 5.88 Å². The summed E-state index contributed by atoms with van der Waals surface area (Å²) in [6.45, 7) is 6.05. The minimum absolute atomic E-state index is 0.600. The Morgan fingerprint density at radius 1 is 1.57 bits per heavy atom. The van der Waals surface area contributed by atoms with Crippen LogP contribution in [-0.2, 0) is 0 Å². The topological polar surface area (TPSA) is 47.0 Å². The van der Waals surface area contributed by atoms with Gasteiger partial charge in [0, 0.05) is 13.1 Å². The summed E-state index contributed by atoms with van der Waals surface area (Å²) >= 11 is 0. The fourth-order valence-electron chi connectivity index (χ4n) is 0.989. The molecule has 1 aromatic rings. The van der Waals surface area contributed by atoms with Crippen molar-refractivity contribution >= 4 is 5.82 Å². The van der Waals surface area contributed by atoms with E-state index < -0.39 is 0 Å².